The molecule has 0 amide bonds. The van der Waals surface area contributed by atoms with Crippen LogP contribution < -0.4 is 15.6 Å². The van der Waals surface area contributed by atoms with E-state index in [1.165, 1.54) is 12.2 Å². The van der Waals surface area contributed by atoms with Gasteiger partial charge in [0.2, 0.25) is 0 Å². The molecule has 0 saturated carbocycles. The van der Waals surface area contributed by atoms with Crippen molar-refractivity contribution in [1.82, 2.24) is 0 Å². The van der Waals surface area contributed by atoms with Crippen molar-refractivity contribution in [3.05, 3.63) is 101 Å². The number of hydrogen-bond acceptors (Lipinski definition) is 1. The summed E-state index contributed by atoms with van der Waals surface area (Å²) in [5.74, 6) is 0. The van der Waals surface area contributed by atoms with Crippen LogP contribution in [0.3, 0.4) is 0 Å². The first kappa shape index (κ1) is 28.4. The van der Waals surface area contributed by atoms with E-state index in [2.05, 4.69) is 140 Å². The normalized spacial score (nSPS) is 13.3. The predicted octanol–water partition coefficient (Wildman–Crippen LogP) is 5.99. The Morgan fingerprint density at radius 1 is 0.543 bits per heavy atom. The van der Waals surface area contributed by atoms with Gasteiger partial charge in [-0.15, -0.1) is 0 Å². The molecule has 186 valence electrons. The van der Waals surface area contributed by atoms with E-state index in [0.717, 1.165) is 0 Å². The van der Waals surface area contributed by atoms with Crippen molar-refractivity contribution < 1.29 is 5.11 Å². The molecule has 0 spiro atoms. The minimum absolute atomic E-state index is 0.159. The second-order valence-electron chi connectivity index (χ2n) is 12.2. The fourth-order valence-electron chi connectivity index (χ4n) is 6.28. The number of benzene rings is 3. The Morgan fingerprint density at radius 2 is 0.829 bits per heavy atom. The molecule has 3 rings (SSSR count). The summed E-state index contributed by atoms with van der Waals surface area (Å²) in [6.45, 7) is 15.7. The van der Waals surface area contributed by atoms with Crippen LogP contribution in [-0.4, -0.2) is 54.3 Å². The van der Waals surface area contributed by atoms with Crippen LogP contribution >= 0.6 is 0 Å². The fraction of sp³-hybridized carbons (Fsp3) is 0.333. The van der Waals surface area contributed by atoms with Crippen LogP contribution in [-0.2, 0) is 0 Å². The van der Waals surface area contributed by atoms with Crippen molar-refractivity contribution in [2.45, 2.75) is 51.5 Å². The summed E-state index contributed by atoms with van der Waals surface area (Å²) in [4.78, 5) is 0. The van der Waals surface area contributed by atoms with Gasteiger partial charge >= 0.3 is 222 Å². The van der Waals surface area contributed by atoms with E-state index in [0.29, 0.717) is 0 Å². The van der Waals surface area contributed by atoms with E-state index in [1.807, 2.05) is 0 Å². The van der Waals surface area contributed by atoms with Crippen LogP contribution in [0.2, 0.25) is 51.5 Å². The molecule has 0 atom stereocenters. The summed E-state index contributed by atoms with van der Waals surface area (Å²) in [7, 11) is -4.98. The summed E-state index contributed by atoms with van der Waals surface area (Å²) < 4.78 is 6.89. The van der Waals surface area contributed by atoms with Gasteiger partial charge in [-0.2, -0.15) is 0 Å². The van der Waals surface area contributed by atoms with Crippen LogP contribution in [0.4, 0.5) is 0 Å². The molecule has 3 aromatic rings. The van der Waals surface area contributed by atoms with Gasteiger partial charge in [0.15, 0.2) is 0 Å². The first-order valence-corrected chi connectivity index (χ1v) is 30.3. The van der Waals surface area contributed by atoms with E-state index >= 15 is 0 Å². The van der Waals surface area contributed by atoms with E-state index in [4.69, 9.17) is 0 Å². The van der Waals surface area contributed by atoms with Gasteiger partial charge in [-0.25, -0.2) is 0 Å². The number of hydrogen-bond donors (Lipinski definition) is 1. The van der Waals surface area contributed by atoms with Crippen molar-refractivity contribution in [3.63, 3.8) is 0 Å². The van der Waals surface area contributed by atoms with Crippen LogP contribution in [0.15, 0.2) is 101 Å². The summed E-state index contributed by atoms with van der Waals surface area (Å²) in [5, 5.41) is 14.7. The maximum absolute atomic E-state index is 9.96. The van der Waals surface area contributed by atoms with Crippen molar-refractivity contribution >= 4 is 58.2 Å². The topological polar surface area (TPSA) is 20.2 Å². The first-order valence-electron chi connectivity index (χ1n) is 12.9. The molecule has 0 aromatic heterocycles. The molecular formula is C30H44OSi3Sn. The summed E-state index contributed by atoms with van der Waals surface area (Å²) in [6.07, 6.45) is 2.14. The molecule has 0 aliphatic heterocycles. The summed E-state index contributed by atoms with van der Waals surface area (Å²) in [5.41, 5.74) is 0. The van der Waals surface area contributed by atoms with Crippen molar-refractivity contribution in [1.29, 1.82) is 0 Å². The molecule has 0 aliphatic carbocycles. The molecule has 3 aromatic carbocycles. The van der Waals surface area contributed by atoms with Gasteiger partial charge in [-0.1, -0.05) is 0 Å². The Kier molecular flexibility index (Phi) is 9.65. The molecule has 1 nitrogen and oxygen atoms in total. The van der Waals surface area contributed by atoms with Gasteiger partial charge in [-0.05, 0) is 0 Å². The number of aliphatic hydroxyl groups excluding tert-OH is 1. The second-order valence-corrected chi connectivity index (χ2v) is 44.1. The molecule has 0 fully saturated rings. The zero-order valence-corrected chi connectivity index (χ0v) is 28.4. The third kappa shape index (κ3) is 7.65. The average molecular weight is 624 g/mol. The molecule has 0 bridgehead atoms. The van der Waals surface area contributed by atoms with Crippen LogP contribution in [0, 0.1) is 0 Å². The zero-order chi connectivity index (χ0) is 25.6. The summed E-state index contributed by atoms with van der Waals surface area (Å²) >= 11 is -2.94. The quantitative estimate of drug-likeness (QED) is 0.261. The molecule has 35 heavy (non-hydrogen) atoms. The molecule has 0 aliphatic rings. The first-order chi connectivity index (χ1) is 16.5. The van der Waals surface area contributed by atoms with Crippen LogP contribution in [0.5, 0.6) is 0 Å². The Balaban J connectivity index is 2.12. The molecule has 0 unspecified atom stereocenters. The van der Waals surface area contributed by atoms with Gasteiger partial charge in [-0.3, -0.25) is 0 Å². The molecule has 1 N–H and O–H groups in total. The Morgan fingerprint density at radius 3 is 1.09 bits per heavy atom. The summed E-state index contributed by atoms with van der Waals surface area (Å²) in [6, 6.07) is 34.0. The van der Waals surface area contributed by atoms with Crippen LogP contribution in [0.1, 0.15) is 0 Å². The van der Waals surface area contributed by atoms with Gasteiger partial charge in [0, 0.05) is 0 Å². The Labute approximate surface area is 221 Å². The maximum atomic E-state index is 9.96. The monoisotopic (exact) mass is 624 g/mol. The molecule has 0 heterocycles. The Hall–Kier alpha value is -1.19. The number of rotatable bonds is 11. The van der Waals surface area contributed by atoms with E-state index in [9.17, 15) is 5.11 Å². The zero-order valence-electron chi connectivity index (χ0n) is 22.6. The van der Waals surface area contributed by atoms with Crippen molar-refractivity contribution in [2.24, 2.45) is 0 Å². The fourth-order valence-corrected chi connectivity index (χ4v) is 82.2. The predicted molar refractivity (Wildman–Crippen MR) is 167 cm³/mol. The molecule has 0 radical (unpaired) electrons. The van der Waals surface area contributed by atoms with Crippen LogP contribution in [0.25, 0.3) is 0 Å². The van der Waals surface area contributed by atoms with Gasteiger partial charge in [0.05, 0.1) is 0 Å². The Bertz CT molecular complexity index is 950. The standard InChI is InChI=1S/3C9H13Si.C3H5O.Sn/c3*1-10(2,3)9-7-5-4-6-8-9;1-2-3-4;/h3*4-8H,1H2,2-3H3;1-2,4H,3H2;. The SMILES string of the molecule is C[Si](C)([CH2][Sn](/[CH]=C\CO)([CH2][Si](C)(C)c1ccccc1)[CH2][Si](C)(C)c1ccccc1)c1ccccc1. The number of aliphatic hydroxyl groups is 1. The third-order valence-corrected chi connectivity index (χ3v) is 61.6. The van der Waals surface area contributed by atoms with E-state index in [1.54, 1.807) is 15.6 Å². The third-order valence-electron chi connectivity index (χ3n) is 7.62. The molecule has 0 saturated heterocycles. The van der Waals surface area contributed by atoms with Gasteiger partial charge < -0.3 is 0 Å². The van der Waals surface area contributed by atoms with E-state index < -0.39 is 42.6 Å². The van der Waals surface area contributed by atoms with E-state index in [-0.39, 0.29) is 6.61 Å². The van der Waals surface area contributed by atoms with Gasteiger partial charge in [0.25, 0.3) is 0 Å². The average Bonchev–Trinajstić information content (AvgIpc) is 2.83. The minimum atomic E-state index is -2.94. The molecule has 5 heteroatoms. The second kappa shape index (κ2) is 11.9. The molecular weight excluding hydrogens is 579 g/mol. The van der Waals surface area contributed by atoms with Gasteiger partial charge in [0.1, 0.15) is 0 Å². The van der Waals surface area contributed by atoms with Crippen molar-refractivity contribution in [3.8, 4) is 0 Å². The van der Waals surface area contributed by atoms with Crippen molar-refractivity contribution in [2.75, 3.05) is 6.61 Å².